The van der Waals surface area contributed by atoms with E-state index in [2.05, 4.69) is 15.4 Å². The van der Waals surface area contributed by atoms with E-state index in [9.17, 15) is 0 Å². The normalized spacial score (nSPS) is 10.9. The lowest BCUT2D eigenvalue weighted by atomic mass is 10.2. The first-order valence-corrected chi connectivity index (χ1v) is 9.25. The van der Waals surface area contributed by atoms with Gasteiger partial charge in [0, 0.05) is 18.5 Å². The van der Waals surface area contributed by atoms with Crippen LogP contribution in [0.5, 0.6) is 11.5 Å². The van der Waals surface area contributed by atoms with E-state index >= 15 is 0 Å². The molecule has 0 unspecified atom stereocenters. The highest BCUT2D eigenvalue weighted by molar-refractivity contribution is 14.0. The third kappa shape index (κ3) is 6.38. The van der Waals surface area contributed by atoms with Crippen LogP contribution in [-0.2, 0) is 6.54 Å². The van der Waals surface area contributed by atoms with Gasteiger partial charge in [0.15, 0.2) is 5.96 Å². The first-order chi connectivity index (χ1) is 13.7. The average Bonchev–Trinajstić information content (AvgIpc) is 3.24. The molecular weight excluding hydrogens is 481 g/mol. The van der Waals surface area contributed by atoms with E-state index in [1.54, 1.807) is 6.20 Å². The number of guanidine groups is 1. The highest BCUT2D eigenvalue weighted by Gasteiger charge is 2.07. The molecular formula is C21H26IN5O2. The summed E-state index contributed by atoms with van der Waals surface area (Å²) in [4.78, 5) is 4.45. The molecule has 0 aliphatic heterocycles. The number of nitrogens with two attached hydrogens (primary N) is 1. The van der Waals surface area contributed by atoms with Crippen LogP contribution >= 0.6 is 24.0 Å². The lowest BCUT2D eigenvalue weighted by Gasteiger charge is -2.14. The van der Waals surface area contributed by atoms with Crippen molar-refractivity contribution in [3.05, 3.63) is 66.5 Å². The molecule has 29 heavy (non-hydrogen) atoms. The number of hydrogen-bond acceptors (Lipinski definition) is 4. The predicted molar refractivity (Wildman–Crippen MR) is 127 cm³/mol. The standard InChI is InChI=1S/C21H25N5O2.HI/c1-3-27-18-9-10-20(28-4-2)19(14-18)25-21(22)23-15-16-7-5-8-17(13-16)26-12-6-11-24-26;/h5-14H,3-4,15H2,1-2H3,(H3,22,23,25);1H. The molecule has 0 aliphatic rings. The summed E-state index contributed by atoms with van der Waals surface area (Å²) in [7, 11) is 0. The lowest BCUT2D eigenvalue weighted by Crippen LogP contribution is -2.23. The van der Waals surface area contributed by atoms with Crippen molar-refractivity contribution >= 4 is 35.6 Å². The van der Waals surface area contributed by atoms with Gasteiger partial charge in [-0.15, -0.1) is 24.0 Å². The highest BCUT2D eigenvalue weighted by Crippen LogP contribution is 2.29. The van der Waals surface area contributed by atoms with E-state index in [4.69, 9.17) is 15.2 Å². The van der Waals surface area contributed by atoms with Gasteiger partial charge in [0.1, 0.15) is 11.5 Å². The van der Waals surface area contributed by atoms with Crippen LogP contribution in [0, 0.1) is 0 Å². The molecule has 0 radical (unpaired) electrons. The molecule has 0 saturated carbocycles. The van der Waals surface area contributed by atoms with E-state index in [0.717, 1.165) is 22.7 Å². The Morgan fingerprint density at radius 3 is 2.66 bits per heavy atom. The molecule has 2 aromatic carbocycles. The Hall–Kier alpha value is -2.75. The van der Waals surface area contributed by atoms with E-state index in [1.807, 2.05) is 73.3 Å². The third-order valence-corrected chi connectivity index (χ3v) is 3.94. The molecule has 1 aromatic heterocycles. The van der Waals surface area contributed by atoms with Crippen molar-refractivity contribution in [1.29, 1.82) is 0 Å². The molecule has 3 aromatic rings. The second kappa shape index (κ2) is 11.3. The summed E-state index contributed by atoms with van der Waals surface area (Å²) in [6, 6.07) is 15.5. The lowest BCUT2D eigenvalue weighted by molar-refractivity contribution is 0.332. The number of nitrogens with one attached hydrogen (secondary N) is 1. The zero-order valence-electron chi connectivity index (χ0n) is 16.5. The van der Waals surface area contributed by atoms with Crippen LogP contribution in [0.25, 0.3) is 5.69 Å². The molecule has 0 spiro atoms. The number of rotatable bonds is 8. The summed E-state index contributed by atoms with van der Waals surface area (Å²) in [5, 5.41) is 7.36. The van der Waals surface area contributed by atoms with Gasteiger partial charge in [0.2, 0.25) is 0 Å². The van der Waals surface area contributed by atoms with Crippen LogP contribution in [0.1, 0.15) is 19.4 Å². The monoisotopic (exact) mass is 507 g/mol. The fourth-order valence-electron chi connectivity index (χ4n) is 2.72. The number of hydrogen-bond donors (Lipinski definition) is 2. The fourth-order valence-corrected chi connectivity index (χ4v) is 2.72. The summed E-state index contributed by atoms with van der Waals surface area (Å²) >= 11 is 0. The Labute approximate surface area is 187 Å². The third-order valence-electron chi connectivity index (χ3n) is 3.94. The molecule has 0 amide bonds. The maximum atomic E-state index is 6.10. The van der Waals surface area contributed by atoms with Gasteiger partial charge < -0.3 is 20.5 Å². The van der Waals surface area contributed by atoms with Crippen molar-refractivity contribution in [2.24, 2.45) is 10.7 Å². The SMILES string of the molecule is CCOc1ccc(OCC)c(NC(N)=NCc2cccc(-n3cccn3)c2)c1.I. The maximum absolute atomic E-state index is 6.10. The number of nitrogens with zero attached hydrogens (tertiary/aromatic N) is 3. The van der Waals surface area contributed by atoms with Crippen LogP contribution in [0.2, 0.25) is 0 Å². The first-order valence-electron chi connectivity index (χ1n) is 9.25. The van der Waals surface area contributed by atoms with Crippen molar-refractivity contribution in [2.75, 3.05) is 18.5 Å². The van der Waals surface area contributed by atoms with Crippen molar-refractivity contribution in [3.8, 4) is 17.2 Å². The minimum Gasteiger partial charge on any atom is -0.494 e. The van der Waals surface area contributed by atoms with Gasteiger partial charge in [0.05, 0.1) is 31.1 Å². The van der Waals surface area contributed by atoms with Crippen LogP contribution in [0.4, 0.5) is 5.69 Å². The Morgan fingerprint density at radius 2 is 1.93 bits per heavy atom. The van der Waals surface area contributed by atoms with Crippen molar-refractivity contribution in [3.63, 3.8) is 0 Å². The molecule has 0 bridgehead atoms. The zero-order valence-corrected chi connectivity index (χ0v) is 18.9. The Bertz CT molecular complexity index is 929. The van der Waals surface area contributed by atoms with E-state index in [-0.39, 0.29) is 24.0 Å². The molecule has 7 nitrogen and oxygen atoms in total. The Morgan fingerprint density at radius 1 is 1.10 bits per heavy atom. The van der Waals surface area contributed by atoms with Gasteiger partial charge in [-0.05, 0) is 49.7 Å². The van der Waals surface area contributed by atoms with E-state index in [1.165, 1.54) is 0 Å². The quantitative estimate of drug-likeness (QED) is 0.271. The van der Waals surface area contributed by atoms with Gasteiger partial charge in [-0.1, -0.05) is 12.1 Å². The second-order valence-corrected chi connectivity index (χ2v) is 5.97. The number of ether oxygens (including phenoxy) is 2. The summed E-state index contributed by atoms with van der Waals surface area (Å²) in [6.07, 6.45) is 3.65. The topological polar surface area (TPSA) is 86.7 Å². The van der Waals surface area contributed by atoms with E-state index in [0.29, 0.717) is 31.5 Å². The van der Waals surface area contributed by atoms with Crippen molar-refractivity contribution in [2.45, 2.75) is 20.4 Å². The number of anilines is 1. The number of benzene rings is 2. The second-order valence-electron chi connectivity index (χ2n) is 5.97. The number of aromatic nitrogens is 2. The summed E-state index contributed by atoms with van der Waals surface area (Å²) in [6.45, 7) is 5.47. The van der Waals surface area contributed by atoms with Crippen LogP contribution in [-0.4, -0.2) is 29.0 Å². The molecule has 0 fully saturated rings. The van der Waals surface area contributed by atoms with Crippen molar-refractivity contribution < 1.29 is 9.47 Å². The molecule has 0 atom stereocenters. The largest absolute Gasteiger partial charge is 0.494 e. The van der Waals surface area contributed by atoms with Gasteiger partial charge >= 0.3 is 0 Å². The molecule has 1 heterocycles. The average molecular weight is 507 g/mol. The van der Waals surface area contributed by atoms with Gasteiger partial charge in [-0.25, -0.2) is 9.67 Å². The maximum Gasteiger partial charge on any atom is 0.193 e. The smallest absolute Gasteiger partial charge is 0.193 e. The summed E-state index contributed by atoms with van der Waals surface area (Å²) in [5.74, 6) is 1.75. The van der Waals surface area contributed by atoms with Crippen LogP contribution < -0.4 is 20.5 Å². The molecule has 3 rings (SSSR count). The fraction of sp³-hybridized carbons (Fsp3) is 0.238. The van der Waals surface area contributed by atoms with Crippen LogP contribution in [0.3, 0.4) is 0 Å². The first kappa shape index (κ1) is 22.5. The molecule has 8 heteroatoms. The molecule has 3 N–H and O–H groups in total. The Kier molecular flexibility index (Phi) is 8.78. The zero-order chi connectivity index (χ0) is 19.8. The molecule has 154 valence electrons. The summed E-state index contributed by atoms with van der Waals surface area (Å²) < 4.78 is 13.0. The minimum atomic E-state index is 0. The van der Waals surface area contributed by atoms with Gasteiger partial charge in [-0.3, -0.25) is 0 Å². The van der Waals surface area contributed by atoms with Gasteiger partial charge in [-0.2, -0.15) is 5.10 Å². The minimum absolute atomic E-state index is 0. The number of halogens is 1. The number of aliphatic imine (C=N–C) groups is 1. The Balaban J connectivity index is 0.00000300. The highest BCUT2D eigenvalue weighted by atomic mass is 127. The predicted octanol–water partition coefficient (Wildman–Crippen LogP) is 4.21. The van der Waals surface area contributed by atoms with Crippen molar-refractivity contribution in [1.82, 2.24) is 9.78 Å². The van der Waals surface area contributed by atoms with Crippen LogP contribution in [0.15, 0.2) is 65.9 Å². The molecule has 0 aliphatic carbocycles. The van der Waals surface area contributed by atoms with E-state index < -0.39 is 0 Å². The molecule has 0 saturated heterocycles. The van der Waals surface area contributed by atoms with Gasteiger partial charge in [0.25, 0.3) is 0 Å². The summed E-state index contributed by atoms with van der Waals surface area (Å²) in [5.41, 5.74) is 8.83.